The molecule has 7 heteroatoms. The van der Waals surface area contributed by atoms with E-state index in [2.05, 4.69) is 36.1 Å². The minimum Gasteiger partial charge on any atom is -0.508 e. The number of hydrogen-bond acceptors (Lipinski definition) is 6. The Morgan fingerprint density at radius 3 is 2.31 bits per heavy atom. The van der Waals surface area contributed by atoms with Crippen molar-refractivity contribution >= 4 is 28.2 Å². The lowest BCUT2D eigenvalue weighted by Crippen LogP contribution is -2.31. The number of aliphatic hydroxyl groups is 2. The van der Waals surface area contributed by atoms with E-state index in [4.69, 9.17) is 20.8 Å². The van der Waals surface area contributed by atoms with Crippen molar-refractivity contribution in [2.75, 3.05) is 18.0 Å². The largest absolute Gasteiger partial charge is 0.508 e. The highest BCUT2D eigenvalue weighted by Crippen LogP contribution is 2.31. The Bertz CT molecular complexity index is 1080. The molecule has 2 aliphatic rings. The molecule has 1 unspecified atom stereocenters. The number of rotatable bonds is 4. The predicted octanol–water partition coefficient (Wildman–Crippen LogP) is 5.84. The summed E-state index contributed by atoms with van der Waals surface area (Å²) in [6.07, 6.45) is 8.70. The van der Waals surface area contributed by atoms with E-state index < -0.39 is 12.0 Å². The van der Waals surface area contributed by atoms with Crippen molar-refractivity contribution in [1.82, 2.24) is 9.97 Å². The number of allylic oxidation sites excluding steroid dienone is 3. The van der Waals surface area contributed by atoms with E-state index in [1.807, 2.05) is 40.7 Å². The number of aromatic nitrogens is 2. The van der Waals surface area contributed by atoms with Gasteiger partial charge in [0.2, 0.25) is 5.91 Å². The molecule has 2 aromatic rings. The van der Waals surface area contributed by atoms with Crippen LogP contribution in [0, 0.1) is 12.3 Å². The van der Waals surface area contributed by atoms with Crippen LogP contribution in [0.5, 0.6) is 0 Å². The molecule has 1 amide bonds. The monoisotopic (exact) mass is 496 g/mol. The third-order valence-corrected chi connectivity index (χ3v) is 5.98. The first-order valence-electron chi connectivity index (χ1n) is 13.2. The van der Waals surface area contributed by atoms with Crippen molar-refractivity contribution in [1.29, 1.82) is 0 Å². The van der Waals surface area contributed by atoms with Gasteiger partial charge in [-0.2, -0.15) is 0 Å². The fourth-order valence-electron chi connectivity index (χ4n) is 4.22. The molecule has 0 bridgehead atoms. The van der Waals surface area contributed by atoms with E-state index in [9.17, 15) is 9.90 Å². The highest BCUT2D eigenvalue weighted by atomic mass is 16.3. The van der Waals surface area contributed by atoms with Crippen molar-refractivity contribution in [2.24, 2.45) is 11.1 Å². The van der Waals surface area contributed by atoms with Gasteiger partial charge in [0.15, 0.2) is 5.82 Å². The predicted molar refractivity (Wildman–Crippen MR) is 149 cm³/mol. The molecule has 4 rings (SSSR count). The zero-order chi connectivity index (χ0) is 26.9. The molecule has 0 radical (unpaired) electrons. The first-order valence-corrected chi connectivity index (χ1v) is 13.2. The molecule has 1 fully saturated rings. The fraction of sp³-hybridized carbons (Fsp3) is 0.552. The van der Waals surface area contributed by atoms with Gasteiger partial charge in [0.25, 0.3) is 0 Å². The smallest absolute Gasteiger partial charge is 0.246 e. The van der Waals surface area contributed by atoms with E-state index in [1.165, 1.54) is 18.4 Å². The van der Waals surface area contributed by atoms with Gasteiger partial charge in [-0.1, -0.05) is 46.8 Å². The molecule has 36 heavy (non-hydrogen) atoms. The van der Waals surface area contributed by atoms with Crippen molar-refractivity contribution in [3.63, 3.8) is 0 Å². The molecule has 2 heterocycles. The Balaban J connectivity index is 0.000000324. The highest BCUT2D eigenvalue weighted by Gasteiger charge is 2.21. The molecular weight excluding hydrogens is 452 g/mol. The fourth-order valence-corrected chi connectivity index (χ4v) is 4.22. The number of nitrogens with two attached hydrogens (primary N) is 1. The molecule has 1 saturated heterocycles. The third-order valence-electron chi connectivity index (χ3n) is 5.98. The van der Waals surface area contributed by atoms with Gasteiger partial charge >= 0.3 is 0 Å². The summed E-state index contributed by atoms with van der Waals surface area (Å²) >= 11 is 0. The first kappa shape index (κ1) is 29.3. The molecule has 1 aliphatic carbocycles. The Morgan fingerprint density at radius 2 is 1.72 bits per heavy atom. The van der Waals surface area contributed by atoms with Crippen LogP contribution in [0.2, 0.25) is 0 Å². The number of anilines is 1. The summed E-state index contributed by atoms with van der Waals surface area (Å²) in [4.78, 5) is 22.3. The number of aliphatic hydroxyl groups excluding tert-OH is 2. The van der Waals surface area contributed by atoms with E-state index in [0.717, 1.165) is 54.6 Å². The van der Waals surface area contributed by atoms with E-state index in [1.54, 1.807) is 0 Å². The second-order valence-electron chi connectivity index (χ2n) is 10.4. The van der Waals surface area contributed by atoms with Crippen LogP contribution in [0.25, 0.3) is 16.5 Å². The summed E-state index contributed by atoms with van der Waals surface area (Å²) in [5.41, 5.74) is 7.73. The van der Waals surface area contributed by atoms with Crippen LogP contribution in [-0.4, -0.2) is 45.3 Å². The Labute approximate surface area is 216 Å². The molecule has 198 valence electrons. The highest BCUT2D eigenvalue weighted by molar-refractivity contribution is 5.92. The molecule has 1 atom stereocenters. The van der Waals surface area contributed by atoms with Gasteiger partial charge in [0, 0.05) is 18.5 Å². The first-order chi connectivity index (χ1) is 17.0. The van der Waals surface area contributed by atoms with Crippen molar-refractivity contribution in [3.05, 3.63) is 47.5 Å². The average molecular weight is 497 g/mol. The summed E-state index contributed by atoms with van der Waals surface area (Å²) in [5.74, 6) is 1.32. The van der Waals surface area contributed by atoms with Crippen LogP contribution in [0.3, 0.4) is 0 Å². The van der Waals surface area contributed by atoms with Crippen molar-refractivity contribution in [2.45, 2.75) is 86.2 Å². The number of fused-ring (bicyclic) bond motifs is 1. The van der Waals surface area contributed by atoms with Gasteiger partial charge in [0.1, 0.15) is 17.7 Å². The Morgan fingerprint density at radius 1 is 1.08 bits per heavy atom. The van der Waals surface area contributed by atoms with E-state index in [0.29, 0.717) is 18.0 Å². The number of carbonyl (C=O) groups excluding carboxylic acids is 1. The molecule has 1 aromatic heterocycles. The molecule has 4 N–H and O–H groups in total. The van der Waals surface area contributed by atoms with Gasteiger partial charge < -0.3 is 20.8 Å². The summed E-state index contributed by atoms with van der Waals surface area (Å²) in [6, 6.07) is 6.35. The Kier molecular flexibility index (Phi) is 10.9. The third kappa shape index (κ3) is 8.33. The summed E-state index contributed by atoms with van der Waals surface area (Å²) in [7, 11) is 0. The SMILES string of the molecule is CC.CC(C)(C)CC(O)C(N)=O.Cc1ccc2c(N3CCCC3)nc(C3=CCCCC=C3O)nc2c1. The standard InChI is InChI=1S/C20H23N3O.C7H15NO2.C2H6/c1-14-9-10-15-17(13-14)21-19(16-7-3-2-4-8-18(16)24)22-20(15)23-11-5-6-12-23;1-7(2,3)4-5(9)6(8)10;1-2/h7-10,13,24H,2-6,11-12H2,1H3;5,9H,4H2,1-3H3,(H2,8,10);1-2H3. The van der Waals surface area contributed by atoms with Crippen LogP contribution in [0.15, 0.2) is 36.1 Å². The maximum absolute atomic E-state index is 10.4. The number of aryl methyl sites for hydroxylation is 1. The van der Waals surface area contributed by atoms with Crippen molar-refractivity contribution < 1.29 is 15.0 Å². The lowest BCUT2D eigenvalue weighted by Gasteiger charge is -2.20. The van der Waals surface area contributed by atoms with Gasteiger partial charge in [-0.05, 0) is 74.6 Å². The number of hydrogen-bond donors (Lipinski definition) is 3. The van der Waals surface area contributed by atoms with E-state index >= 15 is 0 Å². The molecule has 0 spiro atoms. The molecular formula is C29H44N4O3. The second-order valence-corrected chi connectivity index (χ2v) is 10.4. The van der Waals surface area contributed by atoms with Crippen LogP contribution in [-0.2, 0) is 4.79 Å². The number of carbonyl (C=O) groups is 1. The quantitative estimate of drug-likeness (QED) is 0.490. The van der Waals surface area contributed by atoms with Crippen LogP contribution >= 0.6 is 0 Å². The second kappa shape index (κ2) is 13.4. The lowest BCUT2D eigenvalue weighted by atomic mass is 9.89. The minimum atomic E-state index is -1.00. The maximum Gasteiger partial charge on any atom is 0.246 e. The molecule has 1 aromatic carbocycles. The van der Waals surface area contributed by atoms with Crippen LogP contribution in [0.1, 0.15) is 84.5 Å². The number of benzene rings is 1. The number of amides is 1. The Hall–Kier alpha value is -2.93. The molecule has 7 nitrogen and oxygen atoms in total. The lowest BCUT2D eigenvalue weighted by molar-refractivity contribution is -0.127. The minimum absolute atomic E-state index is 0.0472. The van der Waals surface area contributed by atoms with Gasteiger partial charge in [-0.3, -0.25) is 4.79 Å². The average Bonchev–Trinajstić information content (AvgIpc) is 3.27. The normalized spacial score (nSPS) is 16.6. The summed E-state index contributed by atoms with van der Waals surface area (Å²) in [6.45, 7) is 14.0. The van der Waals surface area contributed by atoms with Crippen LogP contribution in [0.4, 0.5) is 5.82 Å². The van der Waals surface area contributed by atoms with Crippen molar-refractivity contribution in [3.8, 4) is 0 Å². The van der Waals surface area contributed by atoms with Gasteiger partial charge in [-0.25, -0.2) is 9.97 Å². The van der Waals surface area contributed by atoms with Gasteiger partial charge in [-0.15, -0.1) is 0 Å². The summed E-state index contributed by atoms with van der Waals surface area (Å²) in [5, 5.41) is 20.5. The summed E-state index contributed by atoms with van der Waals surface area (Å²) < 4.78 is 0. The zero-order valence-electron chi connectivity index (χ0n) is 22.8. The molecule has 0 saturated carbocycles. The zero-order valence-corrected chi connectivity index (χ0v) is 22.8. The maximum atomic E-state index is 10.4. The van der Waals surface area contributed by atoms with Crippen LogP contribution < -0.4 is 10.6 Å². The van der Waals surface area contributed by atoms with Gasteiger partial charge in [0.05, 0.1) is 11.1 Å². The topological polar surface area (TPSA) is 113 Å². The molecule has 1 aliphatic heterocycles. The number of primary amides is 1. The number of nitrogens with zero attached hydrogens (tertiary/aromatic N) is 3. The van der Waals surface area contributed by atoms with E-state index in [-0.39, 0.29) is 5.41 Å².